The SMILES string of the molecule is CCOCCCCNC(=NC)NCCNc1ccccc1[N+](=O)[O-]. The minimum atomic E-state index is -0.390. The molecule has 0 spiro atoms. The van der Waals surface area contributed by atoms with Gasteiger partial charge in [0.25, 0.3) is 5.69 Å². The van der Waals surface area contributed by atoms with Gasteiger partial charge in [-0.3, -0.25) is 15.1 Å². The zero-order chi connectivity index (χ0) is 17.6. The average molecular weight is 337 g/mol. The van der Waals surface area contributed by atoms with Crippen LogP contribution in [0.3, 0.4) is 0 Å². The summed E-state index contributed by atoms with van der Waals surface area (Å²) in [4.78, 5) is 14.7. The Morgan fingerprint density at radius 1 is 1.21 bits per heavy atom. The standard InChI is InChI=1S/C16H27N5O3/c1-3-24-13-7-6-10-19-16(17-2)20-12-11-18-14-8-4-5-9-15(14)21(22)23/h4-5,8-9,18H,3,6-7,10-13H2,1-2H3,(H2,17,19,20). The fourth-order valence-corrected chi connectivity index (χ4v) is 2.06. The van der Waals surface area contributed by atoms with Crippen LogP contribution in [-0.2, 0) is 4.74 Å². The number of benzene rings is 1. The molecule has 24 heavy (non-hydrogen) atoms. The van der Waals surface area contributed by atoms with Gasteiger partial charge in [0.15, 0.2) is 5.96 Å². The van der Waals surface area contributed by atoms with Gasteiger partial charge in [0.1, 0.15) is 5.69 Å². The molecule has 1 aromatic rings. The molecule has 0 atom stereocenters. The molecule has 0 aromatic heterocycles. The van der Waals surface area contributed by atoms with E-state index in [0.29, 0.717) is 18.8 Å². The van der Waals surface area contributed by atoms with Crippen LogP contribution in [0.25, 0.3) is 0 Å². The largest absolute Gasteiger partial charge is 0.382 e. The highest BCUT2D eigenvalue weighted by Gasteiger charge is 2.11. The van der Waals surface area contributed by atoms with Gasteiger partial charge in [-0.2, -0.15) is 0 Å². The molecular weight excluding hydrogens is 310 g/mol. The summed E-state index contributed by atoms with van der Waals surface area (Å²) >= 11 is 0. The van der Waals surface area contributed by atoms with E-state index in [0.717, 1.165) is 38.6 Å². The van der Waals surface area contributed by atoms with Crippen LogP contribution < -0.4 is 16.0 Å². The molecule has 1 aromatic carbocycles. The first-order valence-electron chi connectivity index (χ1n) is 8.18. The van der Waals surface area contributed by atoms with Gasteiger partial charge in [-0.1, -0.05) is 12.1 Å². The molecule has 1 rings (SSSR count). The minimum absolute atomic E-state index is 0.0781. The maximum absolute atomic E-state index is 10.9. The van der Waals surface area contributed by atoms with Crippen LogP contribution in [0.5, 0.6) is 0 Å². The fourth-order valence-electron chi connectivity index (χ4n) is 2.06. The van der Waals surface area contributed by atoms with Gasteiger partial charge in [-0.05, 0) is 25.8 Å². The number of para-hydroxylation sites is 2. The monoisotopic (exact) mass is 337 g/mol. The van der Waals surface area contributed by atoms with Gasteiger partial charge in [0.05, 0.1) is 4.92 Å². The van der Waals surface area contributed by atoms with E-state index in [1.54, 1.807) is 25.2 Å². The van der Waals surface area contributed by atoms with E-state index in [1.807, 2.05) is 6.92 Å². The van der Waals surface area contributed by atoms with E-state index in [-0.39, 0.29) is 5.69 Å². The van der Waals surface area contributed by atoms with Crippen LogP contribution in [0.1, 0.15) is 19.8 Å². The zero-order valence-corrected chi connectivity index (χ0v) is 14.4. The summed E-state index contributed by atoms with van der Waals surface area (Å²) in [5.41, 5.74) is 0.595. The molecule has 8 heteroatoms. The fraction of sp³-hybridized carbons (Fsp3) is 0.562. The Balaban J connectivity index is 2.22. The lowest BCUT2D eigenvalue weighted by molar-refractivity contribution is -0.384. The molecule has 0 aliphatic carbocycles. The number of ether oxygens (including phenoxy) is 1. The van der Waals surface area contributed by atoms with Crippen molar-refractivity contribution in [2.45, 2.75) is 19.8 Å². The molecule has 0 aliphatic rings. The third-order valence-corrected chi connectivity index (χ3v) is 3.27. The van der Waals surface area contributed by atoms with Crippen molar-refractivity contribution >= 4 is 17.3 Å². The summed E-state index contributed by atoms with van der Waals surface area (Å²) in [7, 11) is 1.71. The number of nitrogens with zero attached hydrogens (tertiary/aromatic N) is 2. The van der Waals surface area contributed by atoms with Crippen molar-refractivity contribution in [3.05, 3.63) is 34.4 Å². The van der Waals surface area contributed by atoms with E-state index in [9.17, 15) is 10.1 Å². The molecule has 0 bridgehead atoms. The van der Waals surface area contributed by atoms with Crippen LogP contribution in [-0.4, -0.2) is 50.8 Å². The first kappa shape index (κ1) is 19.7. The number of anilines is 1. The van der Waals surface area contributed by atoms with Gasteiger partial charge in [0, 0.05) is 46.0 Å². The van der Waals surface area contributed by atoms with E-state index < -0.39 is 4.92 Å². The van der Waals surface area contributed by atoms with E-state index in [1.165, 1.54) is 6.07 Å². The molecule has 3 N–H and O–H groups in total. The topological polar surface area (TPSA) is 101 Å². The van der Waals surface area contributed by atoms with Crippen molar-refractivity contribution in [1.29, 1.82) is 0 Å². The first-order chi connectivity index (χ1) is 11.7. The van der Waals surface area contributed by atoms with Crippen molar-refractivity contribution in [1.82, 2.24) is 10.6 Å². The summed E-state index contributed by atoms with van der Waals surface area (Å²) in [6.07, 6.45) is 2.02. The highest BCUT2D eigenvalue weighted by molar-refractivity contribution is 5.79. The van der Waals surface area contributed by atoms with Crippen LogP contribution in [0.15, 0.2) is 29.3 Å². The van der Waals surface area contributed by atoms with Crippen molar-refractivity contribution in [3.63, 3.8) is 0 Å². The quantitative estimate of drug-likeness (QED) is 0.188. The molecule has 0 radical (unpaired) electrons. The van der Waals surface area contributed by atoms with Gasteiger partial charge in [0.2, 0.25) is 0 Å². The number of rotatable bonds is 11. The average Bonchev–Trinajstić information content (AvgIpc) is 2.59. The Morgan fingerprint density at radius 2 is 1.96 bits per heavy atom. The number of unbranched alkanes of at least 4 members (excludes halogenated alkanes) is 1. The van der Waals surface area contributed by atoms with Crippen molar-refractivity contribution in [2.75, 3.05) is 45.2 Å². The van der Waals surface area contributed by atoms with Crippen LogP contribution in [0.4, 0.5) is 11.4 Å². The third-order valence-electron chi connectivity index (χ3n) is 3.27. The van der Waals surface area contributed by atoms with E-state index in [2.05, 4.69) is 20.9 Å². The Labute approximate surface area is 142 Å². The van der Waals surface area contributed by atoms with Gasteiger partial charge in [-0.15, -0.1) is 0 Å². The number of guanidine groups is 1. The Kier molecular flexibility index (Phi) is 9.95. The van der Waals surface area contributed by atoms with Crippen LogP contribution >= 0.6 is 0 Å². The Bertz CT molecular complexity index is 522. The number of hydrogen-bond donors (Lipinski definition) is 3. The molecular formula is C16H27N5O3. The Morgan fingerprint density at radius 3 is 2.67 bits per heavy atom. The van der Waals surface area contributed by atoms with Crippen molar-refractivity contribution < 1.29 is 9.66 Å². The zero-order valence-electron chi connectivity index (χ0n) is 14.4. The number of nitro groups is 1. The van der Waals surface area contributed by atoms with Crippen LogP contribution in [0, 0.1) is 10.1 Å². The summed E-state index contributed by atoms with van der Waals surface area (Å²) in [5, 5.41) is 20.4. The van der Waals surface area contributed by atoms with E-state index >= 15 is 0 Å². The molecule has 0 saturated heterocycles. The lowest BCUT2D eigenvalue weighted by Crippen LogP contribution is -2.40. The highest BCUT2D eigenvalue weighted by atomic mass is 16.6. The summed E-state index contributed by atoms with van der Waals surface area (Å²) in [6.45, 7) is 5.50. The second kappa shape index (κ2) is 12.1. The maximum Gasteiger partial charge on any atom is 0.292 e. The molecule has 0 aliphatic heterocycles. The molecule has 134 valence electrons. The van der Waals surface area contributed by atoms with Crippen LogP contribution in [0.2, 0.25) is 0 Å². The second-order valence-corrected chi connectivity index (χ2v) is 5.03. The van der Waals surface area contributed by atoms with Crippen molar-refractivity contribution in [3.8, 4) is 0 Å². The summed E-state index contributed by atoms with van der Waals surface area (Å²) in [6, 6.07) is 6.60. The lowest BCUT2D eigenvalue weighted by Gasteiger charge is -2.12. The lowest BCUT2D eigenvalue weighted by atomic mass is 10.2. The Hall–Kier alpha value is -2.35. The molecule has 0 saturated carbocycles. The van der Waals surface area contributed by atoms with Gasteiger partial charge in [-0.25, -0.2) is 0 Å². The highest BCUT2D eigenvalue weighted by Crippen LogP contribution is 2.22. The third kappa shape index (κ3) is 7.77. The maximum atomic E-state index is 10.9. The predicted octanol–water partition coefficient (Wildman–Crippen LogP) is 1.99. The number of aliphatic imine (C=N–C) groups is 1. The second-order valence-electron chi connectivity index (χ2n) is 5.03. The number of hydrogen-bond acceptors (Lipinski definition) is 5. The molecule has 0 heterocycles. The molecule has 0 fully saturated rings. The normalized spacial score (nSPS) is 11.2. The minimum Gasteiger partial charge on any atom is -0.382 e. The smallest absolute Gasteiger partial charge is 0.292 e. The summed E-state index contributed by atoms with van der Waals surface area (Å²) < 4.78 is 5.28. The predicted molar refractivity (Wildman–Crippen MR) is 96.7 cm³/mol. The molecule has 8 nitrogen and oxygen atoms in total. The van der Waals surface area contributed by atoms with Crippen molar-refractivity contribution in [2.24, 2.45) is 4.99 Å². The van der Waals surface area contributed by atoms with Gasteiger partial charge < -0.3 is 20.7 Å². The number of nitrogens with one attached hydrogen (secondary N) is 3. The summed E-state index contributed by atoms with van der Waals surface area (Å²) in [5.74, 6) is 0.718. The first-order valence-corrected chi connectivity index (χ1v) is 8.18. The number of nitro benzene ring substituents is 1. The molecule has 0 unspecified atom stereocenters. The van der Waals surface area contributed by atoms with E-state index in [4.69, 9.17) is 4.74 Å². The van der Waals surface area contributed by atoms with Gasteiger partial charge >= 0.3 is 0 Å². The molecule has 0 amide bonds.